The minimum absolute atomic E-state index is 0. The lowest BCUT2D eigenvalue weighted by molar-refractivity contribution is 0.443. The Morgan fingerprint density at radius 3 is 2.67 bits per heavy atom. The number of guanidine groups is 1. The van der Waals surface area contributed by atoms with Gasteiger partial charge in [-0.15, -0.1) is 24.0 Å². The third kappa shape index (κ3) is 8.28. The predicted octanol–water partition coefficient (Wildman–Crippen LogP) is 2.92. The van der Waals surface area contributed by atoms with Gasteiger partial charge in [-0.3, -0.25) is 9.67 Å². The van der Waals surface area contributed by atoms with Gasteiger partial charge in [0.25, 0.3) is 0 Å². The number of aliphatic imine (C=N–C) groups is 1. The normalized spacial score (nSPS) is 12.7. The van der Waals surface area contributed by atoms with Crippen LogP contribution in [0.15, 0.2) is 17.4 Å². The van der Waals surface area contributed by atoms with E-state index < -0.39 is 0 Å². The molecule has 0 aliphatic rings. The van der Waals surface area contributed by atoms with Crippen molar-refractivity contribution in [1.29, 1.82) is 0 Å². The van der Waals surface area contributed by atoms with Crippen molar-refractivity contribution in [1.82, 2.24) is 20.4 Å². The fourth-order valence-corrected chi connectivity index (χ4v) is 2.15. The van der Waals surface area contributed by atoms with Gasteiger partial charge in [-0.05, 0) is 12.3 Å². The molecule has 0 spiro atoms. The van der Waals surface area contributed by atoms with Crippen LogP contribution in [-0.2, 0) is 13.6 Å². The van der Waals surface area contributed by atoms with E-state index in [9.17, 15) is 0 Å². The van der Waals surface area contributed by atoms with Crippen molar-refractivity contribution >= 4 is 29.9 Å². The summed E-state index contributed by atoms with van der Waals surface area (Å²) in [7, 11) is 3.74. The van der Waals surface area contributed by atoms with Gasteiger partial charge in [-0.25, -0.2) is 0 Å². The SMILES string of the molecule is CCCCC(CC)CNC(=NC)NCc1cnn(C)c1.I. The molecule has 1 aromatic heterocycles. The molecule has 0 saturated heterocycles. The molecule has 0 aromatic carbocycles. The molecular weight excluding hydrogens is 377 g/mol. The van der Waals surface area contributed by atoms with Gasteiger partial charge in [0.15, 0.2) is 5.96 Å². The Morgan fingerprint density at radius 2 is 2.14 bits per heavy atom. The molecule has 1 aromatic rings. The molecule has 1 atom stereocenters. The van der Waals surface area contributed by atoms with Gasteiger partial charge < -0.3 is 10.6 Å². The maximum Gasteiger partial charge on any atom is 0.191 e. The summed E-state index contributed by atoms with van der Waals surface area (Å²) in [4.78, 5) is 4.26. The fourth-order valence-electron chi connectivity index (χ4n) is 2.15. The van der Waals surface area contributed by atoms with Crippen LogP contribution in [0.1, 0.15) is 45.1 Å². The molecule has 5 nitrogen and oxygen atoms in total. The lowest BCUT2D eigenvalue weighted by Crippen LogP contribution is -2.39. The van der Waals surface area contributed by atoms with Crippen LogP contribution in [0.25, 0.3) is 0 Å². The first-order valence-electron chi connectivity index (χ1n) is 7.61. The maximum atomic E-state index is 4.26. The van der Waals surface area contributed by atoms with E-state index in [-0.39, 0.29) is 24.0 Å². The van der Waals surface area contributed by atoms with Crippen molar-refractivity contribution in [2.45, 2.75) is 46.1 Å². The highest BCUT2D eigenvalue weighted by Gasteiger charge is 2.07. The molecule has 21 heavy (non-hydrogen) atoms. The maximum absolute atomic E-state index is 4.26. The van der Waals surface area contributed by atoms with Gasteiger partial charge in [-0.1, -0.05) is 33.1 Å². The largest absolute Gasteiger partial charge is 0.356 e. The summed E-state index contributed by atoms with van der Waals surface area (Å²) in [6.07, 6.45) is 8.96. The molecule has 1 unspecified atom stereocenters. The molecule has 6 heteroatoms. The molecule has 0 saturated carbocycles. The number of halogens is 1. The van der Waals surface area contributed by atoms with Crippen LogP contribution in [-0.4, -0.2) is 29.3 Å². The highest BCUT2D eigenvalue weighted by Crippen LogP contribution is 2.11. The summed E-state index contributed by atoms with van der Waals surface area (Å²) in [5.74, 6) is 1.59. The summed E-state index contributed by atoms with van der Waals surface area (Å²) in [6.45, 7) is 6.24. The first-order valence-corrected chi connectivity index (χ1v) is 7.61. The van der Waals surface area contributed by atoms with E-state index >= 15 is 0 Å². The zero-order valence-corrected chi connectivity index (χ0v) is 16.1. The van der Waals surface area contributed by atoms with Crippen LogP contribution >= 0.6 is 24.0 Å². The number of hydrogen-bond donors (Lipinski definition) is 2. The van der Waals surface area contributed by atoms with Crippen molar-refractivity contribution in [3.63, 3.8) is 0 Å². The van der Waals surface area contributed by atoms with E-state index in [0.717, 1.165) is 30.5 Å². The lowest BCUT2D eigenvalue weighted by atomic mass is 9.99. The van der Waals surface area contributed by atoms with Crippen LogP contribution in [0, 0.1) is 5.92 Å². The molecular formula is C15H30IN5. The van der Waals surface area contributed by atoms with Crippen LogP contribution in [0.3, 0.4) is 0 Å². The predicted molar refractivity (Wildman–Crippen MR) is 100 cm³/mol. The van der Waals surface area contributed by atoms with Crippen molar-refractivity contribution in [3.8, 4) is 0 Å². The highest BCUT2D eigenvalue weighted by atomic mass is 127. The Balaban J connectivity index is 0.00000400. The fraction of sp³-hybridized carbons (Fsp3) is 0.733. The smallest absolute Gasteiger partial charge is 0.191 e. The van der Waals surface area contributed by atoms with Crippen LogP contribution in [0.5, 0.6) is 0 Å². The lowest BCUT2D eigenvalue weighted by Gasteiger charge is -2.17. The summed E-state index contributed by atoms with van der Waals surface area (Å²) >= 11 is 0. The minimum atomic E-state index is 0. The Bertz CT molecular complexity index is 403. The molecule has 122 valence electrons. The topological polar surface area (TPSA) is 54.2 Å². The molecule has 0 fully saturated rings. The summed E-state index contributed by atoms with van der Waals surface area (Å²) in [5, 5.41) is 10.9. The molecule has 1 rings (SSSR count). The average Bonchev–Trinajstić information content (AvgIpc) is 2.87. The van der Waals surface area contributed by atoms with Crippen LogP contribution in [0.4, 0.5) is 0 Å². The second kappa shape index (κ2) is 11.8. The molecule has 2 N–H and O–H groups in total. The van der Waals surface area contributed by atoms with E-state index in [1.807, 2.05) is 31.2 Å². The third-order valence-corrected chi connectivity index (χ3v) is 3.54. The van der Waals surface area contributed by atoms with Crippen molar-refractivity contribution in [2.24, 2.45) is 18.0 Å². The van der Waals surface area contributed by atoms with Gasteiger partial charge in [0.1, 0.15) is 0 Å². The second-order valence-electron chi connectivity index (χ2n) is 5.25. The first-order chi connectivity index (χ1) is 9.69. The Labute approximate surface area is 146 Å². The van der Waals surface area contributed by atoms with Gasteiger partial charge in [0.2, 0.25) is 0 Å². The van der Waals surface area contributed by atoms with Crippen molar-refractivity contribution < 1.29 is 0 Å². The van der Waals surface area contributed by atoms with E-state index in [1.165, 1.54) is 25.7 Å². The quantitative estimate of drug-likeness (QED) is 0.396. The monoisotopic (exact) mass is 407 g/mol. The van der Waals surface area contributed by atoms with Crippen molar-refractivity contribution in [3.05, 3.63) is 18.0 Å². The number of nitrogens with one attached hydrogen (secondary N) is 2. The van der Waals surface area contributed by atoms with E-state index in [2.05, 4.69) is 34.6 Å². The number of aryl methyl sites for hydroxylation is 1. The Hall–Kier alpha value is -0.790. The van der Waals surface area contributed by atoms with E-state index in [4.69, 9.17) is 0 Å². The van der Waals surface area contributed by atoms with Crippen LogP contribution in [0.2, 0.25) is 0 Å². The second-order valence-corrected chi connectivity index (χ2v) is 5.25. The Morgan fingerprint density at radius 1 is 1.38 bits per heavy atom. The number of aromatic nitrogens is 2. The van der Waals surface area contributed by atoms with Crippen molar-refractivity contribution in [2.75, 3.05) is 13.6 Å². The number of nitrogens with zero attached hydrogens (tertiary/aromatic N) is 3. The van der Waals surface area contributed by atoms with E-state index in [0.29, 0.717) is 0 Å². The zero-order chi connectivity index (χ0) is 14.8. The standard InChI is InChI=1S/C15H29N5.HI/c1-5-7-8-13(6-2)9-17-15(16-3)18-10-14-11-19-20(4)12-14;/h11-13H,5-10H2,1-4H3,(H2,16,17,18);1H. The number of hydrogen-bond acceptors (Lipinski definition) is 2. The minimum Gasteiger partial charge on any atom is -0.356 e. The molecule has 0 aliphatic heterocycles. The van der Waals surface area contributed by atoms with Crippen LogP contribution < -0.4 is 10.6 Å². The third-order valence-electron chi connectivity index (χ3n) is 3.54. The molecule has 0 bridgehead atoms. The first kappa shape index (κ1) is 20.2. The molecule has 1 heterocycles. The Kier molecular flexibility index (Phi) is 11.4. The summed E-state index contributed by atoms with van der Waals surface area (Å²) in [6, 6.07) is 0. The van der Waals surface area contributed by atoms with Gasteiger partial charge in [0, 0.05) is 38.9 Å². The number of unbranched alkanes of at least 4 members (excludes halogenated alkanes) is 1. The molecule has 0 aliphatic carbocycles. The van der Waals surface area contributed by atoms with Gasteiger partial charge in [0.05, 0.1) is 6.20 Å². The summed E-state index contributed by atoms with van der Waals surface area (Å²) in [5.41, 5.74) is 1.16. The number of rotatable bonds is 8. The average molecular weight is 407 g/mol. The molecule has 0 amide bonds. The summed E-state index contributed by atoms with van der Waals surface area (Å²) < 4.78 is 1.81. The van der Waals surface area contributed by atoms with E-state index in [1.54, 1.807) is 0 Å². The molecule has 0 radical (unpaired) electrons. The van der Waals surface area contributed by atoms with Gasteiger partial charge >= 0.3 is 0 Å². The van der Waals surface area contributed by atoms with Gasteiger partial charge in [-0.2, -0.15) is 5.10 Å². The zero-order valence-electron chi connectivity index (χ0n) is 13.7. The highest BCUT2D eigenvalue weighted by molar-refractivity contribution is 14.0.